The summed E-state index contributed by atoms with van der Waals surface area (Å²) in [5.74, 6) is 0.290. The molecule has 35 heavy (non-hydrogen) atoms. The molecule has 6 rings (SSSR count). The largest absolute Gasteiger partial charge is 0.353 e. The number of nitrogens with zero attached hydrogens (tertiary/aromatic N) is 3. The number of hydrogen-bond donors (Lipinski definition) is 0. The van der Waals surface area contributed by atoms with E-state index in [0.717, 1.165) is 37.9 Å². The summed E-state index contributed by atoms with van der Waals surface area (Å²) in [6.45, 7) is 3.60. The van der Waals surface area contributed by atoms with Crippen LogP contribution in [0.3, 0.4) is 0 Å². The molecular formula is C28H31N3O4. The third kappa shape index (κ3) is 4.13. The zero-order valence-electron chi connectivity index (χ0n) is 20.1. The van der Waals surface area contributed by atoms with Gasteiger partial charge in [-0.15, -0.1) is 0 Å². The summed E-state index contributed by atoms with van der Waals surface area (Å²) in [5.41, 5.74) is 5.58. The van der Waals surface area contributed by atoms with Crippen LogP contribution in [0.25, 0.3) is 10.9 Å². The van der Waals surface area contributed by atoms with Gasteiger partial charge in [-0.3, -0.25) is 4.79 Å². The van der Waals surface area contributed by atoms with Crippen molar-refractivity contribution < 1.29 is 19.1 Å². The van der Waals surface area contributed by atoms with Crippen LogP contribution < -0.4 is 0 Å². The number of fused-ring (bicyclic) bond motifs is 6. The molecule has 4 heterocycles. The lowest BCUT2D eigenvalue weighted by Gasteiger charge is -2.42. The maximum atomic E-state index is 12.7. The van der Waals surface area contributed by atoms with E-state index in [1.807, 2.05) is 41.1 Å². The number of carbonyl (C=O) groups excluding carboxylic acids is 2. The number of carbonyl (C=O) groups is 2. The van der Waals surface area contributed by atoms with Gasteiger partial charge in [-0.1, -0.05) is 42.5 Å². The molecule has 0 N–H and O–H groups in total. The normalized spacial score (nSPS) is 21.9. The van der Waals surface area contributed by atoms with Crippen molar-refractivity contribution in [2.24, 2.45) is 0 Å². The minimum absolute atomic E-state index is 0.0298. The molecule has 3 aliphatic heterocycles. The molecule has 2 amide bonds. The Morgan fingerprint density at radius 2 is 1.91 bits per heavy atom. The molecule has 182 valence electrons. The highest BCUT2D eigenvalue weighted by molar-refractivity contribution is 5.97. The maximum absolute atomic E-state index is 12.7. The molecule has 2 aromatic carbocycles. The van der Waals surface area contributed by atoms with Crippen molar-refractivity contribution in [1.29, 1.82) is 0 Å². The van der Waals surface area contributed by atoms with E-state index < -0.39 is 0 Å². The van der Waals surface area contributed by atoms with Crippen LogP contribution in [0.2, 0.25) is 0 Å². The van der Waals surface area contributed by atoms with E-state index in [9.17, 15) is 9.59 Å². The topological polar surface area (TPSA) is 64.0 Å². The fourth-order valence-electron chi connectivity index (χ4n) is 5.81. The number of rotatable bonds is 6. The van der Waals surface area contributed by atoms with Crippen LogP contribution in [-0.2, 0) is 22.6 Å². The number of likely N-dealkylation sites (N-methyl/N-ethyl adjacent to an activating group) is 1. The molecule has 0 spiro atoms. The summed E-state index contributed by atoms with van der Waals surface area (Å²) in [6, 6.07) is 16.5. The van der Waals surface area contributed by atoms with Crippen molar-refractivity contribution in [2.45, 2.75) is 44.6 Å². The van der Waals surface area contributed by atoms with Crippen LogP contribution in [-0.4, -0.2) is 65.8 Å². The molecule has 2 fully saturated rings. The van der Waals surface area contributed by atoms with Crippen molar-refractivity contribution >= 4 is 22.7 Å². The number of aromatic nitrogens is 1. The maximum Gasteiger partial charge on any atom is 0.320 e. The van der Waals surface area contributed by atoms with Gasteiger partial charge in [-0.2, -0.15) is 0 Å². The molecule has 2 unspecified atom stereocenters. The van der Waals surface area contributed by atoms with Gasteiger partial charge >= 0.3 is 6.03 Å². The van der Waals surface area contributed by atoms with Crippen molar-refractivity contribution in [3.05, 3.63) is 70.9 Å². The summed E-state index contributed by atoms with van der Waals surface area (Å²) in [4.78, 5) is 29.1. The molecule has 0 saturated carbocycles. The predicted molar refractivity (Wildman–Crippen MR) is 133 cm³/mol. The molecule has 7 nitrogen and oxygen atoms in total. The Morgan fingerprint density at radius 1 is 1.09 bits per heavy atom. The van der Waals surface area contributed by atoms with Crippen molar-refractivity contribution in [3.8, 4) is 0 Å². The second-order valence-electron chi connectivity index (χ2n) is 9.93. The fraction of sp³-hybridized carbons (Fsp3) is 0.429. The van der Waals surface area contributed by atoms with Crippen LogP contribution in [0.4, 0.5) is 4.79 Å². The lowest BCUT2D eigenvalue weighted by molar-refractivity contribution is -0.155. The smallest absolute Gasteiger partial charge is 0.320 e. The SMILES string of the molecule is CN1CC2CN(Cc3c2c2ccccc2n3Cc2ccc(C(=O)COC3CCCCO3)cc2)C1=O. The minimum Gasteiger partial charge on any atom is -0.353 e. The third-order valence-corrected chi connectivity index (χ3v) is 7.56. The number of benzene rings is 2. The van der Waals surface area contributed by atoms with E-state index in [4.69, 9.17) is 9.47 Å². The van der Waals surface area contributed by atoms with Gasteiger partial charge in [0.25, 0.3) is 0 Å². The van der Waals surface area contributed by atoms with Crippen LogP contribution in [0.1, 0.15) is 52.4 Å². The molecule has 0 aliphatic carbocycles. The van der Waals surface area contributed by atoms with E-state index in [0.29, 0.717) is 31.2 Å². The Hall–Kier alpha value is -3.16. The summed E-state index contributed by atoms with van der Waals surface area (Å²) in [6.07, 6.45) is 2.72. The first kappa shape index (κ1) is 22.3. The first-order chi connectivity index (χ1) is 17.1. The second-order valence-corrected chi connectivity index (χ2v) is 9.93. The molecule has 3 aromatic rings. The number of urea groups is 1. The number of hydrogen-bond acceptors (Lipinski definition) is 4. The molecule has 0 radical (unpaired) electrons. The van der Waals surface area contributed by atoms with Crippen LogP contribution in [0, 0.1) is 0 Å². The summed E-state index contributed by atoms with van der Waals surface area (Å²) in [5, 5.41) is 1.28. The fourth-order valence-corrected chi connectivity index (χ4v) is 5.81. The number of para-hydroxylation sites is 1. The van der Waals surface area contributed by atoms with E-state index in [1.54, 1.807) is 0 Å². The molecule has 3 aliphatic rings. The molecule has 2 saturated heterocycles. The molecule has 7 heteroatoms. The van der Waals surface area contributed by atoms with Crippen molar-refractivity contribution in [3.63, 3.8) is 0 Å². The Kier molecular flexibility index (Phi) is 5.82. The molecule has 2 bridgehead atoms. The number of ketones is 1. The zero-order chi connectivity index (χ0) is 23.9. The van der Waals surface area contributed by atoms with Crippen LogP contribution >= 0.6 is 0 Å². The van der Waals surface area contributed by atoms with Gasteiger partial charge in [-0.25, -0.2) is 4.79 Å². The van der Waals surface area contributed by atoms with Gasteiger partial charge in [0.15, 0.2) is 12.1 Å². The lowest BCUT2D eigenvalue weighted by atomic mass is 9.90. The Morgan fingerprint density at radius 3 is 2.71 bits per heavy atom. The third-order valence-electron chi connectivity index (χ3n) is 7.56. The first-order valence-electron chi connectivity index (χ1n) is 12.5. The summed E-state index contributed by atoms with van der Waals surface area (Å²) < 4.78 is 13.6. The highest BCUT2D eigenvalue weighted by Crippen LogP contribution is 2.40. The van der Waals surface area contributed by atoms with Crippen LogP contribution in [0.15, 0.2) is 48.5 Å². The monoisotopic (exact) mass is 473 g/mol. The Balaban J connectivity index is 1.23. The molecular weight excluding hydrogens is 442 g/mol. The number of ether oxygens (including phenoxy) is 2. The molecule has 1 aromatic heterocycles. The van der Waals surface area contributed by atoms with Gasteiger partial charge in [-0.05, 0) is 36.5 Å². The first-order valence-corrected chi connectivity index (χ1v) is 12.5. The average molecular weight is 474 g/mol. The van der Waals surface area contributed by atoms with Crippen molar-refractivity contribution in [2.75, 3.05) is 33.4 Å². The molecule has 2 atom stereocenters. The van der Waals surface area contributed by atoms with Gasteiger partial charge < -0.3 is 23.8 Å². The summed E-state index contributed by atoms with van der Waals surface area (Å²) in [7, 11) is 1.89. The zero-order valence-corrected chi connectivity index (χ0v) is 20.1. The second kappa shape index (κ2) is 9.13. The van der Waals surface area contributed by atoms with Gasteiger partial charge in [0.2, 0.25) is 0 Å². The minimum atomic E-state index is -0.262. The standard InChI is InChI=1S/C28H31N3O4/c1-29-15-21-16-30(28(29)33)17-24-27(21)22-6-2-3-7-23(22)31(24)14-19-9-11-20(12-10-19)25(32)18-35-26-8-4-5-13-34-26/h2-3,6-7,9-12,21,26H,4-5,8,13-18H2,1H3. The quantitative estimate of drug-likeness (QED) is 0.499. The Labute approximate surface area is 205 Å². The summed E-state index contributed by atoms with van der Waals surface area (Å²) >= 11 is 0. The number of Topliss-reactive ketones (excluding diaryl/α,β-unsaturated/α-hetero) is 1. The average Bonchev–Trinajstić information content (AvgIpc) is 3.20. The van der Waals surface area contributed by atoms with Crippen LogP contribution in [0.5, 0.6) is 0 Å². The number of amides is 2. The van der Waals surface area contributed by atoms with E-state index in [2.05, 4.69) is 28.8 Å². The van der Waals surface area contributed by atoms with Gasteiger partial charge in [0, 0.05) is 61.4 Å². The van der Waals surface area contributed by atoms with Gasteiger partial charge in [0.05, 0.1) is 6.54 Å². The predicted octanol–water partition coefficient (Wildman–Crippen LogP) is 4.38. The lowest BCUT2D eigenvalue weighted by Crippen LogP contribution is -2.53. The van der Waals surface area contributed by atoms with Crippen molar-refractivity contribution in [1.82, 2.24) is 14.4 Å². The highest BCUT2D eigenvalue weighted by atomic mass is 16.7. The van der Waals surface area contributed by atoms with E-state index >= 15 is 0 Å². The Bertz CT molecular complexity index is 1260. The van der Waals surface area contributed by atoms with E-state index in [1.165, 1.54) is 22.2 Å². The van der Waals surface area contributed by atoms with E-state index in [-0.39, 0.29) is 24.7 Å². The van der Waals surface area contributed by atoms with Gasteiger partial charge in [0.1, 0.15) is 6.61 Å². The highest BCUT2D eigenvalue weighted by Gasteiger charge is 2.39.